The molecule has 2 aromatic rings. The minimum Gasteiger partial charge on any atom is -0.396 e. The summed E-state index contributed by atoms with van der Waals surface area (Å²) in [7, 11) is 0. The predicted octanol–water partition coefficient (Wildman–Crippen LogP) is -1.28. The van der Waals surface area contributed by atoms with E-state index in [1.54, 1.807) is 4.68 Å². The van der Waals surface area contributed by atoms with Crippen LogP contribution in [0.25, 0.3) is 11.2 Å². The number of aromatic nitrogens is 5. The van der Waals surface area contributed by atoms with Gasteiger partial charge >= 0.3 is 0 Å². The van der Waals surface area contributed by atoms with Gasteiger partial charge in [-0.25, -0.2) is 14.6 Å². The maximum atomic E-state index is 9.52. The molecule has 0 saturated heterocycles. The molecule has 1 aliphatic rings. The Hall–Kier alpha value is -1.80. The molecule has 8 heteroatoms. The van der Waals surface area contributed by atoms with Crippen molar-refractivity contribution in [2.75, 3.05) is 12.3 Å². The van der Waals surface area contributed by atoms with E-state index >= 15 is 0 Å². The molecule has 2 aromatic heterocycles. The summed E-state index contributed by atoms with van der Waals surface area (Å²) in [6.45, 7) is -0.0895. The molecule has 17 heavy (non-hydrogen) atoms. The number of hydrogen-bond acceptors (Lipinski definition) is 7. The molecular formula is C9H12N6O2. The number of nitrogens with zero attached hydrogens (tertiary/aromatic N) is 5. The summed E-state index contributed by atoms with van der Waals surface area (Å²) >= 11 is 0. The fourth-order valence-electron chi connectivity index (χ4n) is 2.19. The normalized spacial score (nSPS) is 28.2. The molecule has 2 unspecified atom stereocenters. The van der Waals surface area contributed by atoms with E-state index in [0.717, 1.165) is 0 Å². The second kappa shape index (κ2) is 3.60. The molecule has 1 aliphatic carbocycles. The van der Waals surface area contributed by atoms with Crippen LogP contribution in [-0.4, -0.2) is 47.9 Å². The van der Waals surface area contributed by atoms with Gasteiger partial charge in [0.1, 0.15) is 6.33 Å². The second-order valence-electron chi connectivity index (χ2n) is 4.18. The van der Waals surface area contributed by atoms with Crippen LogP contribution < -0.4 is 5.73 Å². The first-order valence-electron chi connectivity index (χ1n) is 5.32. The number of aliphatic hydroxyl groups excluding tert-OH is 2. The second-order valence-corrected chi connectivity index (χ2v) is 4.18. The van der Waals surface area contributed by atoms with Crippen molar-refractivity contribution in [3.63, 3.8) is 0 Å². The zero-order chi connectivity index (χ0) is 12.0. The summed E-state index contributed by atoms with van der Waals surface area (Å²) in [5, 5.41) is 26.6. The van der Waals surface area contributed by atoms with Crippen LogP contribution in [0.3, 0.4) is 0 Å². The zero-order valence-corrected chi connectivity index (χ0v) is 8.93. The standard InChI is InChI=1S/C9H12N6O2/c10-8-7-9(12-3-11-8)15(14-13-7)5-1-6(17)4(5)2-16/h3-6,16-17H,1-2H2,(H2,10,11,12)/t4-,5?,6?/m0/s1. The number of aliphatic hydroxyl groups is 2. The molecule has 8 nitrogen and oxygen atoms in total. The molecule has 0 radical (unpaired) electrons. The Kier molecular flexibility index (Phi) is 2.20. The largest absolute Gasteiger partial charge is 0.396 e. The molecule has 0 aliphatic heterocycles. The summed E-state index contributed by atoms with van der Waals surface area (Å²) in [4.78, 5) is 7.91. The fraction of sp³-hybridized carbons (Fsp3) is 0.556. The molecule has 0 aromatic carbocycles. The van der Waals surface area contributed by atoms with Crippen molar-refractivity contribution in [1.82, 2.24) is 25.0 Å². The summed E-state index contributed by atoms with van der Waals surface area (Å²) in [5.74, 6) is 0.0535. The van der Waals surface area contributed by atoms with E-state index in [1.807, 2.05) is 0 Å². The monoisotopic (exact) mass is 236 g/mol. The highest BCUT2D eigenvalue weighted by atomic mass is 16.3. The molecule has 3 rings (SSSR count). The summed E-state index contributed by atoms with van der Waals surface area (Å²) in [5.41, 5.74) is 6.64. The Morgan fingerprint density at radius 1 is 1.47 bits per heavy atom. The van der Waals surface area contributed by atoms with Gasteiger partial charge in [-0.1, -0.05) is 5.21 Å². The van der Waals surface area contributed by atoms with Crippen LogP contribution in [0.1, 0.15) is 12.5 Å². The summed E-state index contributed by atoms with van der Waals surface area (Å²) < 4.78 is 1.60. The number of fused-ring (bicyclic) bond motifs is 1. The summed E-state index contributed by atoms with van der Waals surface area (Å²) in [6.07, 6.45) is 1.39. The van der Waals surface area contributed by atoms with Gasteiger partial charge in [0.05, 0.1) is 18.8 Å². The van der Waals surface area contributed by atoms with Crippen molar-refractivity contribution in [1.29, 1.82) is 0 Å². The average molecular weight is 236 g/mol. The predicted molar refractivity (Wildman–Crippen MR) is 57.8 cm³/mol. The van der Waals surface area contributed by atoms with E-state index < -0.39 is 6.10 Å². The van der Waals surface area contributed by atoms with Crippen LogP contribution in [0.15, 0.2) is 6.33 Å². The number of anilines is 1. The first kappa shape index (κ1) is 10.4. The highest BCUT2D eigenvalue weighted by molar-refractivity contribution is 5.80. The Labute approximate surface area is 96.1 Å². The van der Waals surface area contributed by atoms with E-state index in [0.29, 0.717) is 17.6 Å². The lowest BCUT2D eigenvalue weighted by molar-refractivity contribution is -0.0556. The maximum absolute atomic E-state index is 9.52. The van der Waals surface area contributed by atoms with Gasteiger partial charge in [-0.2, -0.15) is 0 Å². The van der Waals surface area contributed by atoms with Gasteiger partial charge in [0.2, 0.25) is 0 Å². The molecule has 1 fully saturated rings. The van der Waals surface area contributed by atoms with Crippen molar-refractivity contribution < 1.29 is 10.2 Å². The van der Waals surface area contributed by atoms with Crippen LogP contribution in [0.2, 0.25) is 0 Å². The molecular weight excluding hydrogens is 224 g/mol. The number of hydrogen-bond donors (Lipinski definition) is 3. The van der Waals surface area contributed by atoms with Crippen molar-refractivity contribution in [2.24, 2.45) is 5.92 Å². The third kappa shape index (κ3) is 1.38. The quantitative estimate of drug-likeness (QED) is 0.593. The van der Waals surface area contributed by atoms with Gasteiger partial charge < -0.3 is 15.9 Å². The van der Waals surface area contributed by atoms with Gasteiger partial charge in [-0.3, -0.25) is 0 Å². The Morgan fingerprint density at radius 2 is 2.29 bits per heavy atom. The lowest BCUT2D eigenvalue weighted by atomic mass is 9.77. The number of nitrogen functional groups attached to an aromatic ring is 1. The lowest BCUT2D eigenvalue weighted by Crippen LogP contribution is -2.45. The van der Waals surface area contributed by atoms with Crippen LogP contribution in [0.5, 0.6) is 0 Å². The number of nitrogens with two attached hydrogens (primary N) is 1. The third-order valence-corrected chi connectivity index (χ3v) is 3.29. The van der Waals surface area contributed by atoms with Crippen molar-refractivity contribution in [3.05, 3.63) is 6.33 Å². The Morgan fingerprint density at radius 3 is 3.00 bits per heavy atom. The molecule has 0 spiro atoms. The topological polar surface area (TPSA) is 123 Å². The van der Waals surface area contributed by atoms with Gasteiger partial charge in [0.15, 0.2) is 17.0 Å². The zero-order valence-electron chi connectivity index (χ0n) is 8.93. The molecule has 2 heterocycles. The first-order chi connectivity index (χ1) is 8.22. The fourth-order valence-corrected chi connectivity index (χ4v) is 2.19. The van der Waals surface area contributed by atoms with Gasteiger partial charge in [-0.05, 0) is 6.42 Å². The van der Waals surface area contributed by atoms with E-state index in [2.05, 4.69) is 20.3 Å². The van der Waals surface area contributed by atoms with E-state index in [-0.39, 0.29) is 24.4 Å². The average Bonchev–Trinajstić information content (AvgIpc) is 2.71. The number of rotatable bonds is 2. The maximum Gasteiger partial charge on any atom is 0.184 e. The minimum absolute atomic E-state index is 0.0886. The van der Waals surface area contributed by atoms with E-state index in [4.69, 9.17) is 5.73 Å². The first-order valence-corrected chi connectivity index (χ1v) is 5.32. The molecule has 0 amide bonds. The lowest BCUT2D eigenvalue weighted by Gasteiger charge is -2.40. The van der Waals surface area contributed by atoms with Gasteiger partial charge in [0.25, 0.3) is 0 Å². The molecule has 1 saturated carbocycles. The summed E-state index contributed by atoms with van der Waals surface area (Å²) in [6, 6.07) is -0.0886. The van der Waals surface area contributed by atoms with E-state index in [1.165, 1.54) is 6.33 Å². The smallest absolute Gasteiger partial charge is 0.184 e. The van der Waals surface area contributed by atoms with Crippen molar-refractivity contribution >= 4 is 17.0 Å². The van der Waals surface area contributed by atoms with Gasteiger partial charge in [-0.15, -0.1) is 5.10 Å². The Balaban J connectivity index is 2.04. The van der Waals surface area contributed by atoms with Crippen LogP contribution >= 0.6 is 0 Å². The highest BCUT2D eigenvalue weighted by Gasteiger charge is 2.42. The van der Waals surface area contributed by atoms with Crippen molar-refractivity contribution in [2.45, 2.75) is 18.6 Å². The SMILES string of the molecule is Nc1ncnc2c1nnn2C1CC(O)[C@H]1CO. The van der Waals surface area contributed by atoms with Gasteiger partial charge in [0, 0.05) is 5.92 Å². The minimum atomic E-state index is -0.497. The molecule has 4 N–H and O–H groups in total. The van der Waals surface area contributed by atoms with Crippen LogP contribution in [-0.2, 0) is 0 Å². The highest BCUT2D eigenvalue weighted by Crippen LogP contribution is 2.39. The van der Waals surface area contributed by atoms with Crippen molar-refractivity contribution in [3.8, 4) is 0 Å². The third-order valence-electron chi connectivity index (χ3n) is 3.29. The molecule has 90 valence electrons. The van der Waals surface area contributed by atoms with Crippen LogP contribution in [0.4, 0.5) is 5.82 Å². The molecule has 0 bridgehead atoms. The van der Waals surface area contributed by atoms with E-state index in [9.17, 15) is 10.2 Å². The molecule has 3 atom stereocenters. The van der Waals surface area contributed by atoms with Crippen LogP contribution in [0, 0.1) is 5.92 Å². The Bertz CT molecular complexity index is 555.